The van der Waals surface area contributed by atoms with Crippen molar-refractivity contribution in [1.82, 2.24) is 0 Å². The number of carboxylic acid groups (broad SMARTS) is 1. The zero-order valence-corrected chi connectivity index (χ0v) is 13.9. The zero-order chi connectivity index (χ0) is 12.9. The summed E-state index contributed by atoms with van der Waals surface area (Å²) in [5.74, 6) is -1.30. The van der Waals surface area contributed by atoms with Crippen LogP contribution in [-0.2, 0) is 9.59 Å². The normalized spacial score (nSPS) is 13.9. The van der Waals surface area contributed by atoms with Gasteiger partial charge in [0.2, 0.25) is 0 Å². The average molecular weight is 423 g/mol. The Morgan fingerprint density at radius 2 is 1.75 bits per heavy atom. The molecule has 0 saturated heterocycles. The number of carboxylic acids is 1. The summed E-state index contributed by atoms with van der Waals surface area (Å²) >= 11 is 10.3. The summed E-state index contributed by atoms with van der Waals surface area (Å²) in [6.45, 7) is 3.91. The predicted octanol–water partition coefficient (Wildman–Crippen LogP) is 3.72. The Balaban J connectivity index is 4.32. The van der Waals surface area contributed by atoms with E-state index >= 15 is 0 Å². The molecule has 0 aliphatic rings. The highest BCUT2D eigenvalue weighted by molar-refractivity contribution is 9.24. The van der Waals surface area contributed by atoms with Crippen LogP contribution in [-0.4, -0.2) is 25.4 Å². The van der Waals surface area contributed by atoms with Crippen molar-refractivity contribution in [2.24, 2.45) is 5.41 Å². The summed E-state index contributed by atoms with van der Waals surface area (Å²) in [5.41, 5.74) is -0.258. The fourth-order valence-electron chi connectivity index (χ4n) is 1.33. The quantitative estimate of drug-likeness (QED) is 0.502. The van der Waals surface area contributed by atoms with Gasteiger partial charge >= 0.3 is 5.97 Å². The van der Waals surface area contributed by atoms with Crippen molar-refractivity contribution in [3.8, 4) is 0 Å². The van der Waals surface area contributed by atoms with E-state index in [2.05, 4.69) is 47.8 Å². The minimum Gasteiger partial charge on any atom is -0.481 e. The summed E-state index contributed by atoms with van der Waals surface area (Å²) in [4.78, 5) is 22.0. The monoisotopic (exact) mass is 420 g/mol. The zero-order valence-electron chi connectivity index (χ0n) is 9.17. The van der Waals surface area contributed by atoms with Crippen molar-refractivity contribution in [2.75, 3.05) is 0 Å². The molecule has 94 valence electrons. The van der Waals surface area contributed by atoms with E-state index in [1.165, 1.54) is 0 Å². The summed E-state index contributed by atoms with van der Waals surface area (Å²) in [7, 11) is 0. The van der Waals surface area contributed by atoms with Crippen LogP contribution in [0.5, 0.6) is 0 Å². The lowest BCUT2D eigenvalue weighted by Gasteiger charge is -2.30. The van der Waals surface area contributed by atoms with Crippen LogP contribution < -0.4 is 0 Å². The molecule has 0 radical (unpaired) electrons. The lowest BCUT2D eigenvalue weighted by Crippen LogP contribution is -2.29. The van der Waals surface area contributed by atoms with Crippen LogP contribution in [0.1, 0.15) is 33.1 Å². The van der Waals surface area contributed by atoms with E-state index < -0.39 is 12.4 Å². The van der Waals surface area contributed by atoms with Crippen molar-refractivity contribution in [1.29, 1.82) is 0 Å². The molecular formula is C10H15Br3O3. The number of Topliss-reactive ketones (excluding diaryl/α,β-unsaturated/α-hetero) is 1. The molecule has 3 nitrogen and oxygen atoms in total. The topological polar surface area (TPSA) is 54.4 Å². The molecule has 1 unspecified atom stereocenters. The van der Waals surface area contributed by atoms with Crippen LogP contribution in [0.2, 0.25) is 0 Å². The van der Waals surface area contributed by atoms with E-state index in [0.29, 0.717) is 0 Å². The van der Waals surface area contributed by atoms with Gasteiger partial charge in [-0.25, -0.2) is 0 Å². The number of ketones is 1. The van der Waals surface area contributed by atoms with Crippen molar-refractivity contribution in [2.45, 2.75) is 41.7 Å². The maximum absolute atomic E-state index is 11.4. The van der Waals surface area contributed by atoms with Gasteiger partial charge < -0.3 is 5.11 Å². The highest BCUT2D eigenvalue weighted by Crippen LogP contribution is 2.36. The Morgan fingerprint density at radius 1 is 1.25 bits per heavy atom. The molecular weight excluding hydrogens is 408 g/mol. The minimum absolute atomic E-state index is 0.140. The van der Waals surface area contributed by atoms with Crippen molar-refractivity contribution in [3.63, 3.8) is 0 Å². The summed E-state index contributed by atoms with van der Waals surface area (Å²) in [5, 5.41) is 8.52. The van der Waals surface area contributed by atoms with E-state index in [4.69, 9.17) is 5.11 Å². The summed E-state index contributed by atoms with van der Waals surface area (Å²) < 4.78 is 0.179. The van der Waals surface area contributed by atoms with E-state index in [-0.39, 0.29) is 26.2 Å². The molecule has 0 spiro atoms. The molecule has 0 aliphatic heterocycles. The first-order valence-corrected chi connectivity index (χ1v) is 7.55. The molecule has 16 heavy (non-hydrogen) atoms. The molecule has 0 aromatic rings. The van der Waals surface area contributed by atoms with Gasteiger partial charge in [-0.05, 0) is 11.8 Å². The smallest absolute Gasteiger partial charge is 0.310 e. The average Bonchev–Trinajstić information content (AvgIpc) is 1.98. The largest absolute Gasteiger partial charge is 0.481 e. The second-order valence-electron chi connectivity index (χ2n) is 4.37. The standard InChI is InChI=1S/C10H15Br3O3/c1-10(2,7(11)4-8(12)13)5-6(14)3-9(15)16/h7-8H,3-5H2,1-2H3,(H,15,16). The van der Waals surface area contributed by atoms with Gasteiger partial charge in [0, 0.05) is 11.2 Å². The Hall–Kier alpha value is 0.580. The fraction of sp³-hybridized carbons (Fsp3) is 0.800. The SMILES string of the molecule is CC(C)(CC(=O)CC(=O)O)C(Br)CC(Br)Br. The van der Waals surface area contributed by atoms with Crippen LogP contribution in [0, 0.1) is 5.41 Å². The van der Waals surface area contributed by atoms with Gasteiger partial charge in [0.1, 0.15) is 12.2 Å². The summed E-state index contributed by atoms with van der Waals surface area (Å²) in [6, 6.07) is 0. The van der Waals surface area contributed by atoms with E-state index in [0.717, 1.165) is 6.42 Å². The molecule has 0 aromatic carbocycles. The molecule has 1 N–H and O–H groups in total. The van der Waals surface area contributed by atoms with Crippen molar-refractivity contribution < 1.29 is 14.7 Å². The highest BCUT2D eigenvalue weighted by atomic mass is 79.9. The highest BCUT2D eigenvalue weighted by Gasteiger charge is 2.31. The lowest BCUT2D eigenvalue weighted by atomic mass is 9.82. The number of hydrogen-bond acceptors (Lipinski definition) is 2. The second-order valence-corrected chi connectivity index (χ2v) is 8.91. The van der Waals surface area contributed by atoms with Gasteiger partial charge in [-0.3, -0.25) is 9.59 Å². The lowest BCUT2D eigenvalue weighted by molar-refractivity contribution is -0.140. The van der Waals surface area contributed by atoms with Gasteiger partial charge in [-0.2, -0.15) is 0 Å². The Bertz CT molecular complexity index is 264. The number of carbonyl (C=O) groups excluding carboxylic acids is 1. The second kappa shape index (κ2) is 7.11. The van der Waals surface area contributed by atoms with E-state index in [9.17, 15) is 9.59 Å². The molecule has 0 aliphatic carbocycles. The van der Waals surface area contributed by atoms with Gasteiger partial charge in [-0.15, -0.1) is 0 Å². The first-order valence-electron chi connectivity index (χ1n) is 4.81. The number of hydrogen-bond donors (Lipinski definition) is 1. The molecule has 0 fully saturated rings. The van der Waals surface area contributed by atoms with Gasteiger partial charge in [0.05, 0.1) is 3.74 Å². The summed E-state index contributed by atoms with van der Waals surface area (Å²) in [6.07, 6.45) is 0.685. The first kappa shape index (κ1) is 16.6. The Labute approximate surface area is 121 Å². The number of halogens is 3. The molecule has 0 rings (SSSR count). The van der Waals surface area contributed by atoms with E-state index in [1.807, 2.05) is 13.8 Å². The third-order valence-corrected chi connectivity index (χ3v) is 4.60. The third-order valence-electron chi connectivity index (χ3n) is 2.23. The third kappa shape index (κ3) is 7.01. The maximum Gasteiger partial charge on any atom is 0.310 e. The number of alkyl halides is 3. The maximum atomic E-state index is 11.4. The number of rotatable bonds is 7. The van der Waals surface area contributed by atoms with Crippen LogP contribution in [0.3, 0.4) is 0 Å². The molecule has 0 amide bonds. The van der Waals surface area contributed by atoms with Gasteiger partial charge in [-0.1, -0.05) is 61.6 Å². The fourth-order valence-corrected chi connectivity index (χ4v) is 3.61. The van der Waals surface area contributed by atoms with Crippen molar-refractivity contribution in [3.05, 3.63) is 0 Å². The molecule has 1 atom stereocenters. The van der Waals surface area contributed by atoms with Crippen LogP contribution >= 0.6 is 47.8 Å². The first-order chi connectivity index (χ1) is 7.15. The number of aliphatic carboxylic acids is 1. The predicted molar refractivity (Wildman–Crippen MR) is 74.6 cm³/mol. The molecule has 0 heterocycles. The molecule has 0 saturated carbocycles. The Kier molecular flexibility index (Phi) is 7.37. The Morgan fingerprint density at radius 3 is 2.12 bits per heavy atom. The van der Waals surface area contributed by atoms with Crippen LogP contribution in [0.4, 0.5) is 0 Å². The van der Waals surface area contributed by atoms with E-state index in [1.54, 1.807) is 0 Å². The molecule has 0 aromatic heterocycles. The van der Waals surface area contributed by atoms with Crippen LogP contribution in [0.15, 0.2) is 0 Å². The minimum atomic E-state index is -1.06. The van der Waals surface area contributed by atoms with Gasteiger partial charge in [0.25, 0.3) is 0 Å². The number of carbonyl (C=O) groups is 2. The molecule has 6 heteroatoms. The molecule has 0 bridgehead atoms. The van der Waals surface area contributed by atoms with Crippen molar-refractivity contribution >= 4 is 59.5 Å². The van der Waals surface area contributed by atoms with Gasteiger partial charge in [0.15, 0.2) is 0 Å². The van der Waals surface area contributed by atoms with Crippen LogP contribution in [0.25, 0.3) is 0 Å².